The van der Waals surface area contributed by atoms with Crippen LogP contribution < -0.4 is 10.3 Å². The number of allylic oxidation sites excluding steroid dienone is 2. The molecule has 0 bridgehead atoms. The predicted octanol–water partition coefficient (Wildman–Crippen LogP) is 4.82. The Bertz CT molecular complexity index is 1180. The Morgan fingerprint density at radius 2 is 1.90 bits per heavy atom. The van der Waals surface area contributed by atoms with Crippen LogP contribution in [0.25, 0.3) is 10.9 Å². The van der Waals surface area contributed by atoms with Gasteiger partial charge in [0.05, 0.1) is 11.1 Å². The number of likely N-dealkylation sites (N-methyl/N-ethyl adjacent to an activating group) is 1. The zero-order valence-electron chi connectivity index (χ0n) is 17.8. The van der Waals surface area contributed by atoms with E-state index >= 15 is 0 Å². The summed E-state index contributed by atoms with van der Waals surface area (Å²) in [5.41, 5.74) is 8.45. The number of aryl methyl sites for hydroxylation is 1. The summed E-state index contributed by atoms with van der Waals surface area (Å²) < 4.78 is 0. The van der Waals surface area contributed by atoms with Crippen LogP contribution in [0.3, 0.4) is 0 Å². The molecule has 0 radical (unpaired) electrons. The monoisotopic (exact) mass is 398 g/mol. The van der Waals surface area contributed by atoms with Crippen LogP contribution in [-0.2, 0) is 11.8 Å². The lowest BCUT2D eigenvalue weighted by Gasteiger charge is -2.23. The van der Waals surface area contributed by atoms with Gasteiger partial charge < -0.3 is 4.90 Å². The van der Waals surface area contributed by atoms with E-state index in [0.29, 0.717) is 5.56 Å². The molecule has 0 spiro atoms. The maximum atomic E-state index is 12.8. The van der Waals surface area contributed by atoms with Crippen LogP contribution in [0.4, 0.5) is 5.69 Å². The molecule has 0 saturated heterocycles. The van der Waals surface area contributed by atoms with E-state index in [0.717, 1.165) is 28.7 Å². The van der Waals surface area contributed by atoms with Gasteiger partial charge in [-0.2, -0.15) is 5.10 Å². The van der Waals surface area contributed by atoms with Gasteiger partial charge in [-0.05, 0) is 36.3 Å². The molecule has 0 atom stereocenters. The van der Waals surface area contributed by atoms with Gasteiger partial charge in [0.15, 0.2) is 0 Å². The number of pyridine rings is 1. The lowest BCUT2D eigenvalue weighted by atomic mass is 9.84. The van der Waals surface area contributed by atoms with Crippen molar-refractivity contribution in [1.82, 2.24) is 10.4 Å². The number of hydrazone groups is 1. The number of nitrogens with zero attached hydrogens (tertiary/aromatic N) is 3. The average molecular weight is 399 g/mol. The molecular formula is C25H26N4O. The molecule has 1 aromatic heterocycles. The number of para-hydroxylation sites is 2. The van der Waals surface area contributed by atoms with Crippen LogP contribution >= 0.6 is 0 Å². The highest BCUT2D eigenvalue weighted by Gasteiger charge is 2.37. The first-order chi connectivity index (χ1) is 14.4. The Morgan fingerprint density at radius 1 is 1.17 bits per heavy atom. The number of nitrogens with one attached hydrogen (secondary N) is 1. The number of carbonyl (C=O) groups is 1. The van der Waals surface area contributed by atoms with E-state index in [2.05, 4.69) is 59.5 Å². The van der Waals surface area contributed by atoms with Gasteiger partial charge in [0, 0.05) is 41.1 Å². The molecule has 3 aromatic rings. The fraction of sp³-hybridized carbons (Fsp3) is 0.240. The van der Waals surface area contributed by atoms with E-state index in [1.165, 1.54) is 11.3 Å². The number of hydrogen-bond donors (Lipinski definition) is 1. The fourth-order valence-electron chi connectivity index (χ4n) is 4.16. The highest BCUT2D eigenvalue weighted by molar-refractivity contribution is 6.06. The van der Waals surface area contributed by atoms with Crippen LogP contribution in [-0.4, -0.2) is 24.2 Å². The minimum Gasteiger partial charge on any atom is -0.347 e. The first-order valence-corrected chi connectivity index (χ1v) is 10.2. The summed E-state index contributed by atoms with van der Waals surface area (Å²) in [4.78, 5) is 19.6. The summed E-state index contributed by atoms with van der Waals surface area (Å²) in [6.07, 6.45) is 4.38. The first-order valence-electron chi connectivity index (χ1n) is 10.2. The zero-order valence-corrected chi connectivity index (χ0v) is 17.8. The number of benzene rings is 2. The van der Waals surface area contributed by atoms with Gasteiger partial charge in [-0.3, -0.25) is 9.78 Å². The van der Waals surface area contributed by atoms with Crippen molar-refractivity contribution < 1.29 is 4.79 Å². The maximum absolute atomic E-state index is 12.8. The van der Waals surface area contributed by atoms with Crippen molar-refractivity contribution in [3.63, 3.8) is 0 Å². The molecule has 30 heavy (non-hydrogen) atoms. The standard InChI is InChI=1S/C25H26N4O/c1-5-17-16-19(18-10-6-8-12-21(18)27-17)24(30)28-26-15-14-23-25(2,3)20-11-7-9-13-22(20)29(23)4/h6-16H,5H2,1-4H3,(H,28,30)/b23-14+,26-15-. The lowest BCUT2D eigenvalue weighted by molar-refractivity contribution is 0.0956. The minimum absolute atomic E-state index is 0.126. The van der Waals surface area contributed by atoms with Crippen molar-refractivity contribution in [2.24, 2.45) is 5.10 Å². The van der Waals surface area contributed by atoms with Crippen LogP contribution in [0.2, 0.25) is 0 Å². The van der Waals surface area contributed by atoms with E-state index in [1.807, 2.05) is 49.4 Å². The van der Waals surface area contributed by atoms with E-state index < -0.39 is 0 Å². The topological polar surface area (TPSA) is 57.6 Å². The minimum atomic E-state index is -0.236. The Morgan fingerprint density at radius 3 is 2.67 bits per heavy atom. The highest BCUT2D eigenvalue weighted by Crippen LogP contribution is 2.46. The van der Waals surface area contributed by atoms with Crippen LogP contribution in [0.15, 0.2) is 71.5 Å². The van der Waals surface area contributed by atoms with E-state index in [9.17, 15) is 4.79 Å². The third-order valence-corrected chi connectivity index (χ3v) is 5.79. The summed E-state index contributed by atoms with van der Waals surface area (Å²) in [6, 6.07) is 17.9. The third-order valence-electron chi connectivity index (χ3n) is 5.79. The normalized spacial score (nSPS) is 16.4. The van der Waals surface area contributed by atoms with E-state index in [1.54, 1.807) is 6.21 Å². The highest BCUT2D eigenvalue weighted by atomic mass is 16.2. The molecule has 152 valence electrons. The Balaban J connectivity index is 1.56. The molecule has 0 fully saturated rings. The Hall–Kier alpha value is -3.47. The SMILES string of the molecule is CCc1cc(C(=O)N/N=C\C=C2\N(C)c3ccccc3C2(C)C)c2ccccc2n1. The molecule has 5 nitrogen and oxygen atoms in total. The second-order valence-electron chi connectivity index (χ2n) is 8.00. The van der Waals surface area contributed by atoms with Gasteiger partial charge in [0.25, 0.3) is 5.91 Å². The molecule has 1 amide bonds. The van der Waals surface area contributed by atoms with Gasteiger partial charge in [-0.1, -0.05) is 57.2 Å². The molecule has 0 saturated carbocycles. The van der Waals surface area contributed by atoms with Crippen molar-refractivity contribution in [3.05, 3.63) is 83.2 Å². The summed E-state index contributed by atoms with van der Waals surface area (Å²) in [5.74, 6) is -0.236. The van der Waals surface area contributed by atoms with Crippen LogP contribution in [0.5, 0.6) is 0 Å². The van der Waals surface area contributed by atoms with Crippen molar-refractivity contribution >= 4 is 28.7 Å². The number of rotatable bonds is 4. The third kappa shape index (κ3) is 3.36. The molecule has 0 aliphatic carbocycles. The molecule has 5 heteroatoms. The van der Waals surface area contributed by atoms with Gasteiger partial charge in [-0.15, -0.1) is 0 Å². The van der Waals surface area contributed by atoms with Crippen LogP contribution in [0, 0.1) is 0 Å². The quantitative estimate of drug-likeness (QED) is 0.506. The van der Waals surface area contributed by atoms with Crippen molar-refractivity contribution in [2.75, 3.05) is 11.9 Å². The van der Waals surface area contributed by atoms with Crippen LogP contribution in [0.1, 0.15) is 42.4 Å². The maximum Gasteiger partial charge on any atom is 0.272 e. The molecule has 2 aromatic carbocycles. The molecule has 2 heterocycles. The van der Waals surface area contributed by atoms with E-state index in [4.69, 9.17) is 0 Å². The second-order valence-corrected chi connectivity index (χ2v) is 8.00. The Kier molecular flexibility index (Phi) is 5.12. The number of fused-ring (bicyclic) bond motifs is 2. The smallest absolute Gasteiger partial charge is 0.272 e. The molecular weight excluding hydrogens is 372 g/mol. The first kappa shape index (κ1) is 19.8. The molecule has 1 N–H and O–H groups in total. The van der Waals surface area contributed by atoms with Gasteiger partial charge in [0.1, 0.15) is 0 Å². The van der Waals surface area contributed by atoms with Crippen molar-refractivity contribution in [1.29, 1.82) is 0 Å². The lowest BCUT2D eigenvalue weighted by Crippen LogP contribution is -2.23. The number of amides is 1. The van der Waals surface area contributed by atoms with Crippen molar-refractivity contribution in [2.45, 2.75) is 32.6 Å². The molecule has 4 rings (SSSR count). The van der Waals surface area contributed by atoms with E-state index in [-0.39, 0.29) is 11.3 Å². The summed E-state index contributed by atoms with van der Waals surface area (Å²) >= 11 is 0. The molecule has 0 unspecified atom stereocenters. The largest absolute Gasteiger partial charge is 0.347 e. The summed E-state index contributed by atoms with van der Waals surface area (Å²) in [7, 11) is 2.06. The zero-order chi connectivity index (χ0) is 21.3. The van der Waals surface area contributed by atoms with Gasteiger partial charge in [-0.25, -0.2) is 5.43 Å². The average Bonchev–Trinajstić information content (AvgIpc) is 2.96. The van der Waals surface area contributed by atoms with Gasteiger partial charge >= 0.3 is 0 Å². The Labute approximate surface area is 177 Å². The fourth-order valence-corrected chi connectivity index (χ4v) is 4.16. The summed E-state index contributed by atoms with van der Waals surface area (Å²) in [5, 5.41) is 5.01. The van der Waals surface area contributed by atoms with Crippen molar-refractivity contribution in [3.8, 4) is 0 Å². The predicted molar refractivity (Wildman–Crippen MR) is 123 cm³/mol. The number of aromatic nitrogens is 1. The number of hydrogen-bond acceptors (Lipinski definition) is 4. The number of anilines is 1. The van der Waals surface area contributed by atoms with Gasteiger partial charge in [0.2, 0.25) is 0 Å². The molecule has 1 aliphatic rings. The summed E-state index contributed by atoms with van der Waals surface area (Å²) in [6.45, 7) is 6.42. The molecule has 1 aliphatic heterocycles. The second kappa shape index (κ2) is 7.75. The number of carbonyl (C=O) groups excluding carboxylic acids is 1.